The van der Waals surface area contributed by atoms with Crippen LogP contribution in [0.2, 0.25) is 0 Å². The lowest BCUT2D eigenvalue weighted by Gasteiger charge is -2.50. The van der Waals surface area contributed by atoms with Gasteiger partial charge in [-0.15, -0.1) is 0 Å². The van der Waals surface area contributed by atoms with Crippen molar-refractivity contribution < 1.29 is 4.74 Å². The van der Waals surface area contributed by atoms with E-state index >= 15 is 0 Å². The molecule has 1 aliphatic heterocycles. The first-order chi connectivity index (χ1) is 10.2. The minimum atomic E-state index is 0.130. The zero-order valence-corrected chi connectivity index (χ0v) is 13.3. The first-order valence-electron chi connectivity index (χ1n) is 8.23. The first-order valence-corrected chi connectivity index (χ1v) is 8.23. The number of likely N-dealkylation sites (tertiary alicyclic amines) is 1. The molecule has 0 saturated carbocycles. The van der Waals surface area contributed by atoms with Crippen molar-refractivity contribution in [3.63, 3.8) is 0 Å². The van der Waals surface area contributed by atoms with Gasteiger partial charge in [0.25, 0.3) is 0 Å². The van der Waals surface area contributed by atoms with E-state index in [1.54, 1.807) is 0 Å². The number of benzene rings is 1. The summed E-state index contributed by atoms with van der Waals surface area (Å²) in [5.41, 5.74) is 9.39. The highest BCUT2D eigenvalue weighted by Gasteiger charge is 2.41. The molecule has 3 atom stereocenters. The monoisotopic (exact) mass is 288 g/mol. The fourth-order valence-corrected chi connectivity index (χ4v) is 4.13. The van der Waals surface area contributed by atoms with Crippen LogP contribution < -0.4 is 5.73 Å². The fourth-order valence-electron chi connectivity index (χ4n) is 4.13. The van der Waals surface area contributed by atoms with Gasteiger partial charge in [-0.25, -0.2) is 0 Å². The molecule has 2 N–H and O–H groups in total. The fraction of sp³-hybridized carbons (Fsp3) is 0.667. The van der Waals surface area contributed by atoms with E-state index in [9.17, 15) is 0 Å². The van der Waals surface area contributed by atoms with Gasteiger partial charge >= 0.3 is 0 Å². The maximum atomic E-state index is 6.27. The summed E-state index contributed by atoms with van der Waals surface area (Å²) in [6.07, 6.45) is 4.97. The molecule has 0 radical (unpaired) electrons. The number of methoxy groups -OCH3 is 1. The van der Waals surface area contributed by atoms with Crippen LogP contribution in [-0.2, 0) is 17.6 Å². The van der Waals surface area contributed by atoms with Gasteiger partial charge in [0.1, 0.15) is 0 Å². The van der Waals surface area contributed by atoms with Crippen molar-refractivity contribution in [1.82, 2.24) is 4.90 Å². The highest BCUT2D eigenvalue weighted by molar-refractivity contribution is 5.32. The van der Waals surface area contributed by atoms with Gasteiger partial charge in [0.2, 0.25) is 0 Å². The maximum Gasteiger partial charge on any atom is 0.0724 e. The van der Waals surface area contributed by atoms with E-state index in [2.05, 4.69) is 36.1 Å². The van der Waals surface area contributed by atoms with Crippen molar-refractivity contribution in [3.05, 3.63) is 35.4 Å². The Kier molecular flexibility index (Phi) is 4.34. The lowest BCUT2D eigenvalue weighted by Crippen LogP contribution is -2.61. The molecule has 3 nitrogen and oxygen atoms in total. The number of ether oxygens (including phenoxy) is 1. The summed E-state index contributed by atoms with van der Waals surface area (Å²) in [7, 11) is 1.84. The van der Waals surface area contributed by atoms with Crippen molar-refractivity contribution in [2.75, 3.05) is 26.7 Å². The van der Waals surface area contributed by atoms with Crippen LogP contribution in [0, 0.1) is 5.92 Å². The Morgan fingerprint density at radius 1 is 1.33 bits per heavy atom. The highest BCUT2D eigenvalue weighted by Crippen LogP contribution is 2.35. The van der Waals surface area contributed by atoms with E-state index in [1.807, 2.05) is 7.11 Å². The van der Waals surface area contributed by atoms with E-state index in [1.165, 1.54) is 24.0 Å². The van der Waals surface area contributed by atoms with E-state index in [-0.39, 0.29) is 5.54 Å². The van der Waals surface area contributed by atoms with Crippen molar-refractivity contribution >= 4 is 0 Å². The molecule has 1 fully saturated rings. The zero-order chi connectivity index (χ0) is 14.9. The number of nitrogens with zero attached hydrogens (tertiary/aromatic N) is 1. The molecule has 0 spiro atoms. The summed E-state index contributed by atoms with van der Waals surface area (Å²) in [4.78, 5) is 2.62. The number of fused-ring (bicyclic) bond motifs is 1. The topological polar surface area (TPSA) is 38.5 Å². The molecule has 1 aromatic rings. The molecule has 0 bridgehead atoms. The molecule has 2 aliphatic rings. The van der Waals surface area contributed by atoms with E-state index in [0.717, 1.165) is 32.5 Å². The lowest BCUT2D eigenvalue weighted by atomic mass is 9.75. The van der Waals surface area contributed by atoms with Gasteiger partial charge in [0.05, 0.1) is 6.10 Å². The van der Waals surface area contributed by atoms with E-state index in [0.29, 0.717) is 12.0 Å². The molecule has 3 rings (SSSR count). The molecule has 116 valence electrons. The number of aryl methyl sites for hydroxylation is 1. The van der Waals surface area contributed by atoms with Gasteiger partial charge in [0.15, 0.2) is 0 Å². The number of rotatable bonds is 3. The zero-order valence-electron chi connectivity index (χ0n) is 13.3. The minimum absolute atomic E-state index is 0.130. The van der Waals surface area contributed by atoms with Crippen molar-refractivity contribution in [2.45, 2.75) is 44.2 Å². The van der Waals surface area contributed by atoms with E-state index in [4.69, 9.17) is 10.5 Å². The molecule has 3 unspecified atom stereocenters. The predicted molar refractivity (Wildman–Crippen MR) is 86.4 cm³/mol. The summed E-state index contributed by atoms with van der Waals surface area (Å²) in [5, 5.41) is 0. The number of nitrogens with two attached hydrogens (primary N) is 1. The lowest BCUT2D eigenvalue weighted by molar-refractivity contribution is -0.0484. The number of piperidine rings is 1. The molecule has 0 amide bonds. The summed E-state index contributed by atoms with van der Waals surface area (Å²) in [5.74, 6) is 0.650. The van der Waals surface area contributed by atoms with Crippen LogP contribution in [0.1, 0.15) is 30.9 Å². The molecule has 1 aliphatic carbocycles. The Hall–Kier alpha value is -0.900. The third-order valence-corrected chi connectivity index (χ3v) is 5.74. The molecule has 1 heterocycles. The standard InChI is InChI=1S/C18H28N2O/c1-14-8-10-20(12-17(14)21-2)18(13-19)9-7-15-5-3-4-6-16(15)11-18/h3-6,14,17H,7-13,19H2,1-2H3. The minimum Gasteiger partial charge on any atom is -0.380 e. The quantitative estimate of drug-likeness (QED) is 0.927. The van der Waals surface area contributed by atoms with Crippen LogP contribution in [0.15, 0.2) is 24.3 Å². The Labute approximate surface area is 128 Å². The normalized spacial score (nSPS) is 33.7. The smallest absolute Gasteiger partial charge is 0.0724 e. The second-order valence-corrected chi connectivity index (χ2v) is 6.86. The van der Waals surface area contributed by atoms with Crippen LogP contribution in [0.5, 0.6) is 0 Å². The molecule has 3 heteroatoms. The second-order valence-electron chi connectivity index (χ2n) is 6.86. The second kappa shape index (κ2) is 6.07. The summed E-state index contributed by atoms with van der Waals surface area (Å²) in [6, 6.07) is 8.85. The molecule has 1 saturated heterocycles. The van der Waals surface area contributed by atoms with Crippen LogP contribution >= 0.6 is 0 Å². The van der Waals surface area contributed by atoms with Gasteiger partial charge in [-0.3, -0.25) is 4.90 Å². The largest absolute Gasteiger partial charge is 0.380 e. The van der Waals surface area contributed by atoms with Crippen LogP contribution in [0.4, 0.5) is 0 Å². The molecule has 1 aromatic carbocycles. The van der Waals surface area contributed by atoms with Gasteiger partial charge in [-0.05, 0) is 49.3 Å². The summed E-state index contributed by atoms with van der Waals surface area (Å²) in [6.45, 7) is 5.22. The number of hydrogen-bond acceptors (Lipinski definition) is 3. The van der Waals surface area contributed by atoms with Crippen LogP contribution in [0.3, 0.4) is 0 Å². The average Bonchev–Trinajstić information content (AvgIpc) is 2.54. The maximum absolute atomic E-state index is 6.27. The molecular formula is C18H28N2O. The van der Waals surface area contributed by atoms with E-state index < -0.39 is 0 Å². The Bertz CT molecular complexity index is 490. The average molecular weight is 288 g/mol. The Morgan fingerprint density at radius 2 is 2.10 bits per heavy atom. The number of hydrogen-bond donors (Lipinski definition) is 1. The first kappa shape index (κ1) is 15.0. The van der Waals surface area contributed by atoms with Crippen LogP contribution in [-0.4, -0.2) is 43.3 Å². The summed E-state index contributed by atoms with van der Waals surface area (Å²) < 4.78 is 5.70. The molecule has 0 aromatic heterocycles. The predicted octanol–water partition coefficient (Wildman–Crippen LogP) is 2.23. The van der Waals surface area contributed by atoms with Crippen molar-refractivity contribution in [3.8, 4) is 0 Å². The molecule has 21 heavy (non-hydrogen) atoms. The molecular weight excluding hydrogens is 260 g/mol. The van der Waals surface area contributed by atoms with Gasteiger partial charge in [-0.2, -0.15) is 0 Å². The highest BCUT2D eigenvalue weighted by atomic mass is 16.5. The van der Waals surface area contributed by atoms with Gasteiger partial charge in [0, 0.05) is 25.7 Å². The van der Waals surface area contributed by atoms with Crippen molar-refractivity contribution in [2.24, 2.45) is 11.7 Å². The van der Waals surface area contributed by atoms with Crippen molar-refractivity contribution in [1.29, 1.82) is 0 Å². The third-order valence-electron chi connectivity index (χ3n) is 5.74. The Morgan fingerprint density at radius 3 is 2.81 bits per heavy atom. The van der Waals surface area contributed by atoms with Gasteiger partial charge in [-0.1, -0.05) is 31.2 Å². The Balaban J connectivity index is 1.82. The summed E-state index contributed by atoms with van der Waals surface area (Å²) >= 11 is 0. The van der Waals surface area contributed by atoms with Crippen LogP contribution in [0.25, 0.3) is 0 Å². The van der Waals surface area contributed by atoms with Gasteiger partial charge < -0.3 is 10.5 Å². The SMILES string of the molecule is COC1CN(C2(CN)CCc3ccccc3C2)CCC1C. The third kappa shape index (κ3) is 2.75.